The summed E-state index contributed by atoms with van der Waals surface area (Å²) in [6.45, 7) is 0. The molecule has 2 N–H and O–H groups in total. The monoisotopic (exact) mass is 378 g/mol. The molecule has 3 rings (SSSR count). The lowest BCUT2D eigenvalue weighted by atomic mass is 9.93. The number of rotatable bonds is 3. The Morgan fingerprint density at radius 1 is 0.789 bits per heavy atom. The maximum Gasteiger partial charge on any atom is 0.0641 e. The molecule has 96 valence electrons. The van der Waals surface area contributed by atoms with Gasteiger partial charge in [-0.25, -0.2) is 0 Å². The molecule has 0 aliphatic rings. The van der Waals surface area contributed by atoms with Crippen LogP contribution in [0.15, 0.2) is 63.8 Å². The Balaban J connectivity index is 2.12. The predicted molar refractivity (Wildman–Crippen MR) is 84.4 cm³/mol. The molecule has 0 aliphatic heterocycles. The van der Waals surface area contributed by atoms with Gasteiger partial charge in [-0.3, -0.25) is 0 Å². The minimum Gasteiger partial charge on any atom is -0.364 e. The fourth-order valence-electron chi connectivity index (χ4n) is 2.27. The van der Waals surface area contributed by atoms with Crippen LogP contribution in [0.5, 0.6) is 0 Å². The molecule has 2 heterocycles. The van der Waals surface area contributed by atoms with Gasteiger partial charge in [0.2, 0.25) is 0 Å². The molecule has 4 heteroatoms. The molecule has 0 saturated carbocycles. The normalized spacial score (nSPS) is 11.1. The second-order valence-corrected chi connectivity index (χ2v) is 6.07. The van der Waals surface area contributed by atoms with Gasteiger partial charge in [-0.2, -0.15) is 0 Å². The molecule has 0 radical (unpaired) electrons. The second kappa shape index (κ2) is 5.39. The highest BCUT2D eigenvalue weighted by Gasteiger charge is 2.18. The van der Waals surface area contributed by atoms with Crippen molar-refractivity contribution in [1.29, 1.82) is 0 Å². The van der Waals surface area contributed by atoms with Crippen molar-refractivity contribution in [3.8, 4) is 0 Å². The smallest absolute Gasteiger partial charge is 0.0641 e. The number of aromatic nitrogens is 2. The van der Waals surface area contributed by atoms with E-state index in [9.17, 15) is 0 Å². The third-order valence-corrected chi connectivity index (χ3v) is 5.02. The second-order valence-electron chi connectivity index (χ2n) is 4.36. The zero-order chi connectivity index (χ0) is 13.2. The first-order valence-electron chi connectivity index (χ1n) is 5.97. The summed E-state index contributed by atoms with van der Waals surface area (Å²) in [7, 11) is 0. The molecule has 2 nitrogen and oxygen atoms in total. The van der Waals surface area contributed by atoms with Gasteiger partial charge in [-0.05, 0) is 73.8 Å². The molecule has 19 heavy (non-hydrogen) atoms. The summed E-state index contributed by atoms with van der Waals surface area (Å²) in [5.74, 6) is 0.189. The maximum absolute atomic E-state index is 3.57. The highest BCUT2D eigenvalue weighted by molar-refractivity contribution is 9.13. The summed E-state index contributed by atoms with van der Waals surface area (Å²) in [4.78, 5) is 6.62. The van der Waals surface area contributed by atoms with Gasteiger partial charge in [0.05, 0.1) is 5.92 Å². The fraction of sp³-hybridized carbons (Fsp3) is 0.0667. The zero-order valence-electron chi connectivity index (χ0n) is 10.0. The van der Waals surface area contributed by atoms with E-state index in [1.54, 1.807) is 0 Å². The molecule has 0 spiro atoms. The predicted octanol–water partition coefficient (Wildman–Crippen LogP) is 5.05. The van der Waals surface area contributed by atoms with Gasteiger partial charge in [0.15, 0.2) is 0 Å². The summed E-state index contributed by atoms with van der Waals surface area (Å²) in [6, 6.07) is 14.6. The minimum absolute atomic E-state index is 0.189. The molecule has 3 aromatic rings. The topological polar surface area (TPSA) is 31.6 Å². The van der Waals surface area contributed by atoms with E-state index in [0.717, 1.165) is 8.95 Å². The summed E-state index contributed by atoms with van der Waals surface area (Å²) < 4.78 is 2.13. The van der Waals surface area contributed by atoms with Crippen LogP contribution < -0.4 is 0 Å². The van der Waals surface area contributed by atoms with E-state index in [1.807, 2.05) is 24.5 Å². The Labute approximate surface area is 128 Å². The van der Waals surface area contributed by atoms with Crippen molar-refractivity contribution in [2.75, 3.05) is 0 Å². The van der Waals surface area contributed by atoms with Crippen molar-refractivity contribution in [1.82, 2.24) is 9.97 Å². The SMILES string of the molecule is Brc1ccc(C(c2ccc[nH]2)c2ccc[nH]2)cc1Br. The van der Waals surface area contributed by atoms with Gasteiger partial charge in [-0.1, -0.05) is 6.07 Å². The molecule has 2 aromatic heterocycles. The van der Waals surface area contributed by atoms with Crippen molar-refractivity contribution in [3.63, 3.8) is 0 Å². The lowest BCUT2D eigenvalue weighted by Crippen LogP contribution is -2.04. The summed E-state index contributed by atoms with van der Waals surface area (Å²) in [5.41, 5.74) is 3.59. The summed E-state index contributed by atoms with van der Waals surface area (Å²) >= 11 is 7.09. The standard InChI is InChI=1S/C15H12Br2N2/c16-11-6-5-10(9-12(11)17)15(13-3-1-7-18-13)14-4-2-8-19-14/h1-9,15,18-19H. The van der Waals surface area contributed by atoms with Crippen molar-refractivity contribution >= 4 is 31.9 Å². The van der Waals surface area contributed by atoms with Gasteiger partial charge in [0.25, 0.3) is 0 Å². The quantitative estimate of drug-likeness (QED) is 0.638. The van der Waals surface area contributed by atoms with Crippen LogP contribution in [0.25, 0.3) is 0 Å². The lowest BCUT2D eigenvalue weighted by Gasteiger charge is -2.16. The Kier molecular flexibility index (Phi) is 3.62. The summed E-state index contributed by atoms with van der Waals surface area (Å²) in [5, 5.41) is 0. The van der Waals surface area contributed by atoms with Gasteiger partial charge in [-0.15, -0.1) is 0 Å². The average Bonchev–Trinajstić information content (AvgIpc) is 3.07. The molecule has 0 amide bonds. The molecular formula is C15H12Br2N2. The van der Waals surface area contributed by atoms with E-state index >= 15 is 0 Å². The van der Waals surface area contributed by atoms with E-state index in [1.165, 1.54) is 17.0 Å². The third-order valence-electron chi connectivity index (χ3n) is 3.14. The van der Waals surface area contributed by atoms with Gasteiger partial charge in [0.1, 0.15) is 0 Å². The zero-order valence-corrected chi connectivity index (χ0v) is 13.2. The first kappa shape index (κ1) is 12.8. The van der Waals surface area contributed by atoms with Crippen LogP contribution in [0, 0.1) is 0 Å². The minimum atomic E-state index is 0.189. The van der Waals surface area contributed by atoms with E-state index in [4.69, 9.17) is 0 Å². The highest BCUT2D eigenvalue weighted by atomic mass is 79.9. The van der Waals surface area contributed by atoms with Crippen LogP contribution in [0.4, 0.5) is 0 Å². The number of H-pyrrole nitrogens is 2. The van der Waals surface area contributed by atoms with Gasteiger partial charge >= 0.3 is 0 Å². The maximum atomic E-state index is 3.57. The van der Waals surface area contributed by atoms with E-state index < -0.39 is 0 Å². The highest BCUT2D eigenvalue weighted by Crippen LogP contribution is 2.33. The Morgan fingerprint density at radius 3 is 1.89 bits per heavy atom. The Hall–Kier alpha value is -1.26. The molecule has 0 aliphatic carbocycles. The Morgan fingerprint density at radius 2 is 1.42 bits per heavy atom. The molecular weight excluding hydrogens is 368 g/mol. The van der Waals surface area contributed by atoms with Crippen LogP contribution in [0.3, 0.4) is 0 Å². The molecule has 0 bridgehead atoms. The largest absolute Gasteiger partial charge is 0.364 e. The fourth-order valence-corrected chi connectivity index (χ4v) is 2.91. The number of hydrogen-bond acceptors (Lipinski definition) is 0. The molecule has 0 saturated heterocycles. The van der Waals surface area contributed by atoms with Crippen LogP contribution in [0.2, 0.25) is 0 Å². The molecule has 1 aromatic carbocycles. The first-order valence-corrected chi connectivity index (χ1v) is 7.56. The first-order chi connectivity index (χ1) is 9.25. The van der Waals surface area contributed by atoms with Crippen LogP contribution in [0.1, 0.15) is 22.9 Å². The third kappa shape index (κ3) is 2.55. The van der Waals surface area contributed by atoms with Crippen LogP contribution in [-0.2, 0) is 0 Å². The number of benzene rings is 1. The number of nitrogens with one attached hydrogen (secondary N) is 2. The number of hydrogen-bond donors (Lipinski definition) is 2. The van der Waals surface area contributed by atoms with Gasteiger partial charge < -0.3 is 9.97 Å². The lowest BCUT2D eigenvalue weighted by molar-refractivity contribution is 0.896. The van der Waals surface area contributed by atoms with Crippen molar-refractivity contribution in [2.24, 2.45) is 0 Å². The van der Waals surface area contributed by atoms with Gasteiger partial charge in [0, 0.05) is 32.7 Å². The van der Waals surface area contributed by atoms with E-state index in [2.05, 4.69) is 72.2 Å². The molecule has 0 fully saturated rings. The van der Waals surface area contributed by atoms with Crippen LogP contribution in [-0.4, -0.2) is 9.97 Å². The molecule has 0 unspecified atom stereocenters. The Bertz CT molecular complexity index is 623. The number of aromatic amines is 2. The average molecular weight is 380 g/mol. The van der Waals surface area contributed by atoms with Crippen molar-refractivity contribution in [3.05, 3.63) is 80.8 Å². The van der Waals surface area contributed by atoms with Crippen LogP contribution >= 0.6 is 31.9 Å². The van der Waals surface area contributed by atoms with E-state index in [-0.39, 0.29) is 5.92 Å². The number of halogens is 2. The van der Waals surface area contributed by atoms with E-state index in [0.29, 0.717) is 0 Å². The molecule has 0 atom stereocenters. The van der Waals surface area contributed by atoms with Crippen molar-refractivity contribution < 1.29 is 0 Å². The summed E-state index contributed by atoms with van der Waals surface area (Å²) in [6.07, 6.45) is 3.92. The van der Waals surface area contributed by atoms with Crippen molar-refractivity contribution in [2.45, 2.75) is 5.92 Å².